The van der Waals surface area contributed by atoms with E-state index >= 15 is 0 Å². The zero-order valence-corrected chi connectivity index (χ0v) is 23.2. The largest absolute Gasteiger partial charge is 0.494 e. The number of benzene rings is 1. The Morgan fingerprint density at radius 2 is 2.03 bits per heavy atom. The van der Waals surface area contributed by atoms with Crippen LogP contribution in [-0.4, -0.2) is 93.4 Å². The zero-order valence-electron chi connectivity index (χ0n) is 23.2. The Labute approximate surface area is 228 Å². The van der Waals surface area contributed by atoms with E-state index in [9.17, 15) is 9.59 Å². The number of ether oxygens (including phenoxy) is 1. The van der Waals surface area contributed by atoms with Gasteiger partial charge in [0, 0.05) is 64.5 Å². The van der Waals surface area contributed by atoms with E-state index in [0.29, 0.717) is 28.6 Å². The summed E-state index contributed by atoms with van der Waals surface area (Å²) in [6, 6.07) is 3.28. The average molecular weight is 537 g/mol. The molecular formula is C26H36N10O3. The SMILES string of the molecule is C=CC(=O)Nc1cc(Nc2ncc3c(n2)N(C)C(=O)N(/C(C=NC)=C/N)C3)c(OC)cc1N(C)CCN(C)C. The summed E-state index contributed by atoms with van der Waals surface area (Å²) in [5.41, 5.74) is 8.77. The van der Waals surface area contributed by atoms with Crippen molar-refractivity contribution >= 4 is 47.0 Å². The minimum Gasteiger partial charge on any atom is -0.494 e. The first-order valence-electron chi connectivity index (χ1n) is 12.2. The van der Waals surface area contributed by atoms with E-state index in [-0.39, 0.29) is 24.4 Å². The molecule has 0 aliphatic carbocycles. The molecule has 13 nitrogen and oxygen atoms in total. The number of rotatable bonds is 11. The van der Waals surface area contributed by atoms with Crippen LogP contribution in [0.1, 0.15) is 5.56 Å². The van der Waals surface area contributed by atoms with Gasteiger partial charge in [0.25, 0.3) is 0 Å². The van der Waals surface area contributed by atoms with E-state index in [4.69, 9.17) is 10.5 Å². The van der Waals surface area contributed by atoms with Crippen LogP contribution in [0.25, 0.3) is 0 Å². The smallest absolute Gasteiger partial charge is 0.330 e. The highest BCUT2D eigenvalue weighted by Gasteiger charge is 2.31. The van der Waals surface area contributed by atoms with Crippen molar-refractivity contribution < 1.29 is 14.3 Å². The van der Waals surface area contributed by atoms with E-state index in [1.807, 2.05) is 32.1 Å². The van der Waals surface area contributed by atoms with Gasteiger partial charge in [-0.15, -0.1) is 0 Å². The number of hydrogen-bond acceptors (Lipinski definition) is 10. The first kappa shape index (κ1) is 28.9. The number of aliphatic imine (C=N–C) groups is 1. The van der Waals surface area contributed by atoms with Crippen LogP contribution < -0.4 is 30.9 Å². The van der Waals surface area contributed by atoms with Gasteiger partial charge in [-0.25, -0.2) is 9.78 Å². The number of fused-ring (bicyclic) bond motifs is 1. The number of carbonyl (C=O) groups is 2. The quantitative estimate of drug-likeness (QED) is 0.291. The molecule has 39 heavy (non-hydrogen) atoms. The number of anilines is 5. The molecular weight excluding hydrogens is 500 g/mol. The van der Waals surface area contributed by atoms with Crippen LogP contribution in [0.3, 0.4) is 0 Å². The second-order valence-corrected chi connectivity index (χ2v) is 9.06. The number of carbonyl (C=O) groups excluding carboxylic acids is 2. The number of methoxy groups -OCH3 is 1. The van der Waals surface area contributed by atoms with Crippen LogP contribution in [0, 0.1) is 0 Å². The number of hydrogen-bond donors (Lipinski definition) is 3. The van der Waals surface area contributed by atoms with Gasteiger partial charge in [0.15, 0.2) is 0 Å². The molecule has 2 aromatic rings. The molecule has 0 bridgehead atoms. The summed E-state index contributed by atoms with van der Waals surface area (Å²) in [5, 5.41) is 6.03. The Hall–Kier alpha value is -4.65. The van der Waals surface area contributed by atoms with E-state index < -0.39 is 0 Å². The number of aromatic nitrogens is 2. The van der Waals surface area contributed by atoms with E-state index in [0.717, 1.165) is 24.3 Å². The summed E-state index contributed by atoms with van der Waals surface area (Å²) in [6.07, 6.45) is 5.70. The van der Waals surface area contributed by atoms with E-state index in [2.05, 4.69) is 37.1 Å². The van der Waals surface area contributed by atoms with Crippen LogP contribution in [0.2, 0.25) is 0 Å². The number of nitrogens with one attached hydrogen (secondary N) is 2. The second-order valence-electron chi connectivity index (χ2n) is 9.06. The molecule has 1 aromatic heterocycles. The van der Waals surface area contributed by atoms with Gasteiger partial charge in [0.1, 0.15) is 11.6 Å². The standard InChI is InChI=1S/C26H36N10O3/c1-8-23(37)30-19-11-20(22(39-7)12-21(19)34(5)10-9-33(3)4)31-25-29-14-17-16-36(18(13-27)15-28-2)26(38)35(6)24(17)32-25/h8,11-15H,1,9-10,16,27H2,2-7H3,(H,30,37)(H,29,31,32)/b18-13+,28-15?. The fourth-order valence-corrected chi connectivity index (χ4v) is 3.93. The van der Waals surface area contributed by atoms with Crippen molar-refractivity contribution in [2.75, 3.05) is 75.9 Å². The number of amides is 3. The van der Waals surface area contributed by atoms with Crippen LogP contribution in [-0.2, 0) is 11.3 Å². The summed E-state index contributed by atoms with van der Waals surface area (Å²) < 4.78 is 5.66. The molecule has 13 heteroatoms. The molecule has 4 N–H and O–H groups in total. The topological polar surface area (TPSA) is 145 Å². The highest BCUT2D eigenvalue weighted by molar-refractivity contribution is 6.02. The third-order valence-electron chi connectivity index (χ3n) is 6.05. The summed E-state index contributed by atoms with van der Waals surface area (Å²) in [5.74, 6) is 0.881. The molecule has 3 amide bonds. The van der Waals surface area contributed by atoms with Gasteiger partial charge < -0.3 is 30.9 Å². The Bertz CT molecular complexity index is 1290. The van der Waals surface area contributed by atoms with Gasteiger partial charge in [-0.2, -0.15) is 4.98 Å². The summed E-state index contributed by atoms with van der Waals surface area (Å²) >= 11 is 0. The fourth-order valence-electron chi connectivity index (χ4n) is 3.93. The third-order valence-corrected chi connectivity index (χ3v) is 6.05. The molecule has 0 atom stereocenters. The molecule has 2 heterocycles. The average Bonchev–Trinajstić information content (AvgIpc) is 2.92. The van der Waals surface area contributed by atoms with Gasteiger partial charge >= 0.3 is 6.03 Å². The molecule has 0 saturated carbocycles. The van der Waals surface area contributed by atoms with Gasteiger partial charge in [-0.05, 0) is 26.2 Å². The lowest BCUT2D eigenvalue weighted by atomic mass is 10.2. The molecule has 1 aromatic carbocycles. The van der Waals surface area contributed by atoms with Crippen molar-refractivity contribution in [1.82, 2.24) is 19.8 Å². The zero-order chi connectivity index (χ0) is 28.7. The number of urea groups is 1. The number of nitrogens with zero attached hydrogens (tertiary/aromatic N) is 7. The first-order valence-corrected chi connectivity index (χ1v) is 12.2. The second kappa shape index (κ2) is 12.7. The summed E-state index contributed by atoms with van der Waals surface area (Å²) in [6.45, 7) is 5.33. The fraction of sp³-hybridized carbons (Fsp3) is 0.346. The Kier molecular flexibility index (Phi) is 9.44. The molecule has 0 radical (unpaired) electrons. The molecule has 0 unspecified atom stereocenters. The first-order chi connectivity index (χ1) is 18.6. The Morgan fingerprint density at radius 3 is 2.64 bits per heavy atom. The van der Waals surface area contributed by atoms with Gasteiger partial charge in [0.2, 0.25) is 11.9 Å². The summed E-state index contributed by atoms with van der Waals surface area (Å²) in [4.78, 5) is 45.3. The monoisotopic (exact) mass is 536 g/mol. The van der Waals surface area contributed by atoms with Crippen LogP contribution >= 0.6 is 0 Å². The maximum atomic E-state index is 13.0. The van der Waals surface area contributed by atoms with Crippen molar-refractivity contribution in [3.63, 3.8) is 0 Å². The maximum absolute atomic E-state index is 13.0. The molecule has 0 spiro atoms. The molecule has 0 saturated heterocycles. The number of nitrogens with two attached hydrogens (primary N) is 1. The lowest BCUT2D eigenvalue weighted by Gasteiger charge is -2.34. The molecule has 0 fully saturated rings. The molecule has 1 aliphatic heterocycles. The molecule has 3 rings (SSSR count). The lowest BCUT2D eigenvalue weighted by molar-refractivity contribution is -0.111. The lowest BCUT2D eigenvalue weighted by Crippen LogP contribution is -2.45. The van der Waals surface area contributed by atoms with E-state index in [1.54, 1.807) is 33.5 Å². The van der Waals surface area contributed by atoms with Crippen LogP contribution in [0.4, 0.5) is 33.6 Å². The van der Waals surface area contributed by atoms with Gasteiger partial charge in [-0.1, -0.05) is 6.58 Å². The van der Waals surface area contributed by atoms with Crippen molar-refractivity contribution in [1.29, 1.82) is 0 Å². The number of likely N-dealkylation sites (N-methyl/N-ethyl adjacent to an activating group) is 2. The van der Waals surface area contributed by atoms with Crippen LogP contribution in [0.15, 0.2) is 47.9 Å². The van der Waals surface area contributed by atoms with Crippen molar-refractivity contribution in [2.45, 2.75) is 6.54 Å². The van der Waals surface area contributed by atoms with E-state index in [1.165, 1.54) is 28.3 Å². The normalized spacial score (nSPS) is 13.5. The maximum Gasteiger partial charge on any atom is 0.330 e. The molecule has 1 aliphatic rings. The predicted molar refractivity (Wildman–Crippen MR) is 155 cm³/mol. The highest BCUT2D eigenvalue weighted by Crippen LogP contribution is 2.38. The predicted octanol–water partition coefficient (Wildman–Crippen LogP) is 2.22. The highest BCUT2D eigenvalue weighted by atomic mass is 16.5. The van der Waals surface area contributed by atoms with Crippen molar-refractivity contribution in [3.8, 4) is 5.75 Å². The summed E-state index contributed by atoms with van der Waals surface area (Å²) in [7, 11) is 10.7. The van der Waals surface area contributed by atoms with Crippen molar-refractivity contribution in [3.05, 3.63) is 48.4 Å². The van der Waals surface area contributed by atoms with Gasteiger partial charge in [0.05, 0.1) is 36.4 Å². The number of allylic oxidation sites excluding steroid dienone is 1. The minimum atomic E-state index is -0.345. The third kappa shape index (κ3) is 6.62. The van der Waals surface area contributed by atoms with Crippen LogP contribution in [0.5, 0.6) is 5.75 Å². The minimum absolute atomic E-state index is 0.239. The van der Waals surface area contributed by atoms with Crippen molar-refractivity contribution in [2.24, 2.45) is 10.7 Å². The Balaban J connectivity index is 1.97. The molecule has 208 valence electrons. The van der Waals surface area contributed by atoms with Gasteiger partial charge in [-0.3, -0.25) is 19.6 Å². The Morgan fingerprint density at radius 1 is 1.28 bits per heavy atom.